The number of esters is 1. The number of ether oxygens (including phenoxy) is 1. The third-order valence-electron chi connectivity index (χ3n) is 4.84. The zero-order valence-electron chi connectivity index (χ0n) is 11.5. The molecule has 1 saturated heterocycles. The van der Waals surface area contributed by atoms with Gasteiger partial charge in [-0.2, -0.15) is 0 Å². The highest BCUT2D eigenvalue weighted by atomic mass is 16.5. The Balaban J connectivity index is 1.76. The van der Waals surface area contributed by atoms with Crippen molar-refractivity contribution in [1.29, 1.82) is 0 Å². The number of carbonyl (C=O) groups excluding carboxylic acids is 1. The van der Waals surface area contributed by atoms with Crippen LogP contribution in [0.5, 0.6) is 0 Å². The number of H-pyrrole nitrogens is 1. The second-order valence-electron chi connectivity index (χ2n) is 5.86. The first-order valence-electron chi connectivity index (χ1n) is 7.18. The predicted molar refractivity (Wildman–Crippen MR) is 76.7 cm³/mol. The molecule has 2 N–H and O–H groups in total. The molecule has 2 aliphatic rings. The normalized spacial score (nSPS) is 28.1. The molecule has 0 bridgehead atoms. The maximum atomic E-state index is 11.8. The highest BCUT2D eigenvalue weighted by molar-refractivity contribution is 5.88. The second kappa shape index (κ2) is 4.35. The van der Waals surface area contributed by atoms with Crippen molar-refractivity contribution < 1.29 is 9.53 Å². The Morgan fingerprint density at radius 3 is 3.15 bits per heavy atom. The second-order valence-corrected chi connectivity index (χ2v) is 5.86. The predicted octanol–water partition coefficient (Wildman–Crippen LogP) is 1.96. The van der Waals surface area contributed by atoms with E-state index < -0.39 is 0 Å². The SMILES string of the molecule is COC(=O)C1CNC2Cc3c[nH]c4cccc(c34)C2C1. The standard InChI is InChI=1S/C16H18N2O2/c1-20-16(19)10-5-12-11-3-2-4-13-15(11)9(7-17-13)6-14(12)18-8-10/h2-4,7,10,12,14,17-18H,5-6,8H2,1H3. The molecule has 0 amide bonds. The number of fused-ring (bicyclic) bond motifs is 2. The largest absolute Gasteiger partial charge is 0.469 e. The minimum absolute atomic E-state index is 0.0306. The van der Waals surface area contributed by atoms with Gasteiger partial charge in [0.15, 0.2) is 0 Å². The fourth-order valence-electron chi connectivity index (χ4n) is 3.89. The Bertz CT molecular complexity index is 676. The first kappa shape index (κ1) is 12.0. The van der Waals surface area contributed by atoms with Gasteiger partial charge in [-0.05, 0) is 30.0 Å². The summed E-state index contributed by atoms with van der Waals surface area (Å²) in [6.07, 6.45) is 4.04. The molecule has 3 unspecified atom stereocenters. The van der Waals surface area contributed by atoms with Crippen LogP contribution in [0.25, 0.3) is 10.9 Å². The van der Waals surface area contributed by atoms with Gasteiger partial charge < -0.3 is 15.0 Å². The van der Waals surface area contributed by atoms with Crippen molar-refractivity contribution >= 4 is 16.9 Å². The minimum Gasteiger partial charge on any atom is -0.469 e. The third-order valence-corrected chi connectivity index (χ3v) is 4.84. The summed E-state index contributed by atoms with van der Waals surface area (Å²) in [6.45, 7) is 0.726. The molecule has 1 aromatic carbocycles. The average Bonchev–Trinajstić information content (AvgIpc) is 2.91. The smallest absolute Gasteiger partial charge is 0.309 e. The molecule has 1 aliphatic heterocycles. The molecule has 4 heteroatoms. The molecule has 0 spiro atoms. The average molecular weight is 270 g/mol. The van der Waals surface area contributed by atoms with Crippen molar-refractivity contribution in [3.63, 3.8) is 0 Å². The number of aromatic nitrogens is 1. The molecule has 1 aromatic heterocycles. The van der Waals surface area contributed by atoms with Gasteiger partial charge in [-0.1, -0.05) is 12.1 Å². The van der Waals surface area contributed by atoms with Crippen LogP contribution in [-0.4, -0.2) is 30.6 Å². The van der Waals surface area contributed by atoms with Crippen LogP contribution in [0, 0.1) is 5.92 Å². The van der Waals surface area contributed by atoms with Crippen LogP contribution in [0.1, 0.15) is 23.5 Å². The number of nitrogens with one attached hydrogen (secondary N) is 2. The van der Waals surface area contributed by atoms with Crippen LogP contribution in [0.2, 0.25) is 0 Å². The van der Waals surface area contributed by atoms with Gasteiger partial charge in [-0.15, -0.1) is 0 Å². The molecule has 104 valence electrons. The summed E-state index contributed by atoms with van der Waals surface area (Å²) in [5.74, 6) is 0.278. The molecule has 0 saturated carbocycles. The van der Waals surface area contributed by atoms with Gasteiger partial charge in [0.1, 0.15) is 0 Å². The monoisotopic (exact) mass is 270 g/mol. The highest BCUT2D eigenvalue weighted by Gasteiger charge is 2.38. The Morgan fingerprint density at radius 1 is 1.40 bits per heavy atom. The van der Waals surface area contributed by atoms with Crippen LogP contribution >= 0.6 is 0 Å². The van der Waals surface area contributed by atoms with E-state index >= 15 is 0 Å². The first-order chi connectivity index (χ1) is 9.78. The van der Waals surface area contributed by atoms with Crippen molar-refractivity contribution in [2.75, 3.05) is 13.7 Å². The topological polar surface area (TPSA) is 54.1 Å². The Labute approximate surface area is 117 Å². The Morgan fingerprint density at radius 2 is 2.30 bits per heavy atom. The van der Waals surface area contributed by atoms with Crippen LogP contribution < -0.4 is 5.32 Å². The van der Waals surface area contributed by atoms with Gasteiger partial charge >= 0.3 is 5.97 Å². The van der Waals surface area contributed by atoms with Gasteiger partial charge in [0.2, 0.25) is 0 Å². The van der Waals surface area contributed by atoms with Crippen LogP contribution in [0.3, 0.4) is 0 Å². The van der Waals surface area contributed by atoms with Crippen molar-refractivity contribution in [3.8, 4) is 0 Å². The summed E-state index contributed by atoms with van der Waals surface area (Å²) in [7, 11) is 1.47. The zero-order chi connectivity index (χ0) is 13.7. The summed E-state index contributed by atoms with van der Waals surface area (Å²) in [5, 5.41) is 4.91. The molecule has 2 aromatic rings. The van der Waals surface area contributed by atoms with E-state index in [9.17, 15) is 4.79 Å². The number of piperidine rings is 1. The Hall–Kier alpha value is -1.81. The fraction of sp³-hybridized carbons (Fsp3) is 0.438. The lowest BCUT2D eigenvalue weighted by molar-refractivity contribution is -0.146. The van der Waals surface area contributed by atoms with Gasteiger partial charge in [0, 0.05) is 35.6 Å². The molecule has 0 radical (unpaired) electrons. The van der Waals surface area contributed by atoms with Crippen molar-refractivity contribution in [2.45, 2.75) is 24.8 Å². The van der Waals surface area contributed by atoms with E-state index in [1.165, 1.54) is 29.1 Å². The minimum atomic E-state index is -0.0945. The van der Waals surface area contributed by atoms with E-state index in [4.69, 9.17) is 4.74 Å². The lowest BCUT2D eigenvalue weighted by Gasteiger charge is -2.39. The van der Waals surface area contributed by atoms with E-state index in [-0.39, 0.29) is 11.9 Å². The van der Waals surface area contributed by atoms with Crippen molar-refractivity contribution in [3.05, 3.63) is 35.5 Å². The van der Waals surface area contributed by atoms with Crippen molar-refractivity contribution in [1.82, 2.24) is 10.3 Å². The number of benzene rings is 1. The number of aromatic amines is 1. The van der Waals surface area contributed by atoms with E-state index in [0.717, 1.165) is 19.4 Å². The maximum absolute atomic E-state index is 11.8. The molecule has 1 aliphatic carbocycles. The summed E-state index contributed by atoms with van der Waals surface area (Å²) >= 11 is 0. The first-order valence-corrected chi connectivity index (χ1v) is 7.18. The summed E-state index contributed by atoms with van der Waals surface area (Å²) in [4.78, 5) is 15.2. The van der Waals surface area contributed by atoms with E-state index in [1.807, 2.05) is 0 Å². The van der Waals surface area contributed by atoms with E-state index in [0.29, 0.717) is 12.0 Å². The number of methoxy groups -OCH3 is 1. The molecular weight excluding hydrogens is 252 g/mol. The molecular formula is C16H18N2O2. The van der Waals surface area contributed by atoms with Gasteiger partial charge in [0.05, 0.1) is 13.0 Å². The maximum Gasteiger partial charge on any atom is 0.309 e. The Kier molecular flexibility index (Phi) is 2.60. The van der Waals surface area contributed by atoms with Crippen LogP contribution in [0.15, 0.2) is 24.4 Å². The van der Waals surface area contributed by atoms with Crippen LogP contribution in [-0.2, 0) is 16.0 Å². The van der Waals surface area contributed by atoms with Gasteiger partial charge in [-0.3, -0.25) is 4.79 Å². The summed E-state index contributed by atoms with van der Waals surface area (Å²) in [6, 6.07) is 6.86. The quantitative estimate of drug-likeness (QED) is 0.779. The molecule has 4 rings (SSSR count). The number of carbonyl (C=O) groups is 1. The van der Waals surface area contributed by atoms with Crippen LogP contribution in [0.4, 0.5) is 0 Å². The third kappa shape index (κ3) is 1.61. The molecule has 1 fully saturated rings. The molecule has 3 atom stereocenters. The number of rotatable bonds is 1. The van der Waals surface area contributed by atoms with Gasteiger partial charge in [0.25, 0.3) is 0 Å². The molecule has 20 heavy (non-hydrogen) atoms. The number of hydrogen-bond acceptors (Lipinski definition) is 3. The lowest BCUT2D eigenvalue weighted by Crippen LogP contribution is -2.48. The summed E-state index contributed by atoms with van der Waals surface area (Å²) < 4.78 is 4.91. The summed E-state index contributed by atoms with van der Waals surface area (Å²) in [5.41, 5.74) is 3.97. The zero-order valence-corrected chi connectivity index (χ0v) is 11.5. The van der Waals surface area contributed by atoms with Gasteiger partial charge in [-0.25, -0.2) is 0 Å². The lowest BCUT2D eigenvalue weighted by atomic mass is 9.73. The molecule has 4 nitrogen and oxygen atoms in total. The highest BCUT2D eigenvalue weighted by Crippen LogP contribution is 2.41. The van der Waals surface area contributed by atoms with E-state index in [1.54, 1.807) is 0 Å². The fourth-order valence-corrected chi connectivity index (χ4v) is 3.89. The molecule has 2 heterocycles. The van der Waals surface area contributed by atoms with Crippen molar-refractivity contribution in [2.24, 2.45) is 5.92 Å². The number of hydrogen-bond donors (Lipinski definition) is 2. The van der Waals surface area contributed by atoms with E-state index in [2.05, 4.69) is 34.7 Å².